The molecule has 22 heavy (non-hydrogen) atoms. The van der Waals surface area contributed by atoms with Gasteiger partial charge in [0.1, 0.15) is 6.10 Å². The Hall–Kier alpha value is -1.07. The zero-order chi connectivity index (χ0) is 14.8. The molecule has 5 rings (SSSR count). The highest BCUT2D eigenvalue weighted by Crippen LogP contribution is 2.64. The van der Waals surface area contributed by atoms with Gasteiger partial charge in [0.2, 0.25) is 0 Å². The zero-order valence-electron chi connectivity index (χ0n) is 12.1. The molecule has 0 spiro atoms. The van der Waals surface area contributed by atoms with E-state index in [2.05, 4.69) is 21.2 Å². The van der Waals surface area contributed by atoms with Crippen LogP contribution in [0.25, 0.3) is 0 Å². The van der Waals surface area contributed by atoms with Gasteiger partial charge in [0.05, 0.1) is 12.2 Å². The molecular formula is C17H18BrNO3. The van der Waals surface area contributed by atoms with Crippen LogP contribution in [0, 0.1) is 23.7 Å². The number of hydrogen-bond donors (Lipinski definition) is 1. The van der Waals surface area contributed by atoms with Crippen LogP contribution in [-0.2, 0) is 9.47 Å². The van der Waals surface area contributed by atoms with Gasteiger partial charge < -0.3 is 9.47 Å². The second kappa shape index (κ2) is 4.71. The Morgan fingerprint density at radius 1 is 1.27 bits per heavy atom. The number of fused-ring (bicyclic) bond motifs is 7. The molecule has 7 atom stereocenters. The molecule has 3 aliphatic carbocycles. The average molecular weight is 364 g/mol. The molecule has 1 aromatic rings. The van der Waals surface area contributed by atoms with Crippen LogP contribution in [0.15, 0.2) is 28.7 Å². The fraction of sp³-hybridized carbons (Fsp3) is 0.588. The summed E-state index contributed by atoms with van der Waals surface area (Å²) in [5.74, 6) is 2.74. The maximum Gasteiger partial charge on any atom is 0.411 e. The molecule has 0 radical (unpaired) electrons. The van der Waals surface area contributed by atoms with Crippen molar-refractivity contribution in [2.75, 3.05) is 5.32 Å². The Morgan fingerprint density at radius 2 is 2.18 bits per heavy atom. The normalized spacial score (nSPS) is 43.6. The molecule has 1 N–H and O–H groups in total. The van der Waals surface area contributed by atoms with Crippen molar-refractivity contribution in [3.63, 3.8) is 0 Å². The lowest BCUT2D eigenvalue weighted by molar-refractivity contribution is 0.0251. The van der Waals surface area contributed by atoms with Crippen molar-refractivity contribution in [1.29, 1.82) is 0 Å². The van der Waals surface area contributed by atoms with Crippen LogP contribution in [0.5, 0.6) is 0 Å². The summed E-state index contributed by atoms with van der Waals surface area (Å²) < 4.78 is 12.4. The summed E-state index contributed by atoms with van der Waals surface area (Å²) in [7, 11) is 0. The Morgan fingerprint density at radius 3 is 3.05 bits per heavy atom. The number of epoxide rings is 1. The number of halogens is 1. The van der Waals surface area contributed by atoms with E-state index in [4.69, 9.17) is 9.47 Å². The smallest absolute Gasteiger partial charge is 0.411 e. The second-order valence-electron chi connectivity index (χ2n) is 7.09. The fourth-order valence-electron chi connectivity index (χ4n) is 5.25. The molecular weight excluding hydrogens is 346 g/mol. The molecule has 1 amide bonds. The molecule has 4 aliphatic rings. The summed E-state index contributed by atoms with van der Waals surface area (Å²) in [6.45, 7) is 0. The number of rotatable bonds is 2. The molecule has 4 fully saturated rings. The highest BCUT2D eigenvalue weighted by atomic mass is 79.9. The summed E-state index contributed by atoms with van der Waals surface area (Å²) in [5, 5.41) is 2.83. The first-order valence-electron chi connectivity index (χ1n) is 8.08. The third-order valence-corrected chi connectivity index (χ3v) is 6.50. The predicted octanol–water partition coefficient (Wildman–Crippen LogP) is 3.81. The summed E-state index contributed by atoms with van der Waals surface area (Å²) in [5.41, 5.74) is 0.760. The van der Waals surface area contributed by atoms with Crippen LogP contribution in [0.4, 0.5) is 10.5 Å². The van der Waals surface area contributed by atoms with Gasteiger partial charge in [-0.25, -0.2) is 4.79 Å². The molecule has 1 aromatic carbocycles. The average Bonchev–Trinajstić information content (AvgIpc) is 2.82. The Labute approximate surface area is 137 Å². The molecule has 116 valence electrons. The topological polar surface area (TPSA) is 50.9 Å². The fourth-order valence-corrected chi connectivity index (χ4v) is 5.65. The van der Waals surface area contributed by atoms with Gasteiger partial charge in [-0.1, -0.05) is 22.0 Å². The van der Waals surface area contributed by atoms with Gasteiger partial charge in [-0.15, -0.1) is 0 Å². The summed E-state index contributed by atoms with van der Waals surface area (Å²) in [6, 6.07) is 7.57. The van der Waals surface area contributed by atoms with Crippen molar-refractivity contribution in [1.82, 2.24) is 0 Å². The van der Waals surface area contributed by atoms with E-state index >= 15 is 0 Å². The van der Waals surface area contributed by atoms with Crippen molar-refractivity contribution in [3.05, 3.63) is 28.7 Å². The first kappa shape index (κ1) is 13.4. The van der Waals surface area contributed by atoms with Crippen molar-refractivity contribution in [3.8, 4) is 0 Å². The SMILES string of the molecule is O=C(Nc1cccc(Br)c1)O[C@@H]1C[C@H]2C[C@H]1[C@@H]1C[C@@H]3O[C@H]3[C@@H]21. The van der Waals surface area contributed by atoms with Gasteiger partial charge >= 0.3 is 6.09 Å². The van der Waals surface area contributed by atoms with Crippen LogP contribution in [0.1, 0.15) is 19.3 Å². The standard InChI is InChI=1S/C17H18BrNO3/c18-9-2-1-3-10(6-9)19-17(20)22-13-5-8-4-11(13)12-7-14-16(21-14)15(8)12/h1-3,6,8,11-16H,4-5,7H2,(H,19,20)/t8-,11+,12+,13-,14+,15+,16-/m1/s1. The van der Waals surface area contributed by atoms with E-state index in [9.17, 15) is 4.79 Å². The Balaban J connectivity index is 1.23. The van der Waals surface area contributed by atoms with Crippen molar-refractivity contribution in [2.24, 2.45) is 23.7 Å². The minimum atomic E-state index is -0.327. The monoisotopic (exact) mass is 363 g/mol. The lowest BCUT2D eigenvalue weighted by Gasteiger charge is -2.32. The number of amides is 1. The number of ether oxygens (including phenoxy) is 2. The van der Waals surface area contributed by atoms with Gasteiger partial charge in [0, 0.05) is 10.2 Å². The molecule has 4 nitrogen and oxygen atoms in total. The first-order chi connectivity index (χ1) is 10.7. The molecule has 0 aromatic heterocycles. The Kier molecular flexibility index (Phi) is 2.87. The zero-order valence-corrected chi connectivity index (χ0v) is 13.7. The second-order valence-corrected chi connectivity index (χ2v) is 8.01. The highest BCUT2D eigenvalue weighted by Gasteiger charge is 2.67. The molecule has 0 unspecified atom stereocenters. The minimum absolute atomic E-state index is 0.0934. The molecule has 2 bridgehead atoms. The van der Waals surface area contributed by atoms with Crippen molar-refractivity contribution >= 4 is 27.7 Å². The summed E-state index contributed by atoms with van der Waals surface area (Å²) in [4.78, 5) is 12.1. The largest absolute Gasteiger partial charge is 0.446 e. The van der Waals surface area contributed by atoms with Crippen LogP contribution in [0.2, 0.25) is 0 Å². The number of benzene rings is 1. The van der Waals surface area contributed by atoms with Gasteiger partial charge in [-0.05, 0) is 61.1 Å². The summed E-state index contributed by atoms with van der Waals surface area (Å²) in [6.07, 6.45) is 4.25. The van der Waals surface area contributed by atoms with E-state index in [1.165, 1.54) is 12.8 Å². The van der Waals surface area contributed by atoms with Gasteiger partial charge in [0.15, 0.2) is 0 Å². The number of anilines is 1. The van der Waals surface area contributed by atoms with E-state index in [0.717, 1.165) is 28.4 Å². The molecule has 5 heteroatoms. The van der Waals surface area contributed by atoms with E-state index in [0.29, 0.717) is 24.0 Å². The minimum Gasteiger partial charge on any atom is -0.446 e. The lowest BCUT2D eigenvalue weighted by Crippen LogP contribution is -2.35. The quantitative estimate of drug-likeness (QED) is 0.812. The Bertz CT molecular complexity index is 636. The summed E-state index contributed by atoms with van der Waals surface area (Å²) >= 11 is 3.40. The lowest BCUT2D eigenvalue weighted by atomic mass is 9.79. The van der Waals surface area contributed by atoms with Crippen molar-refractivity contribution in [2.45, 2.75) is 37.6 Å². The maximum absolute atomic E-state index is 12.1. The molecule has 3 saturated carbocycles. The molecule has 1 aliphatic heterocycles. The van der Waals surface area contributed by atoms with Crippen LogP contribution < -0.4 is 5.32 Å². The third-order valence-electron chi connectivity index (χ3n) is 6.01. The maximum atomic E-state index is 12.1. The van der Waals surface area contributed by atoms with Crippen LogP contribution in [-0.4, -0.2) is 24.4 Å². The number of nitrogens with one attached hydrogen (secondary N) is 1. The molecule has 1 saturated heterocycles. The van der Waals surface area contributed by atoms with Crippen LogP contribution in [0.3, 0.4) is 0 Å². The third kappa shape index (κ3) is 2.02. The number of hydrogen-bond acceptors (Lipinski definition) is 3. The van der Waals surface area contributed by atoms with E-state index in [-0.39, 0.29) is 12.2 Å². The number of carbonyl (C=O) groups is 1. The van der Waals surface area contributed by atoms with Gasteiger partial charge in [-0.2, -0.15) is 0 Å². The van der Waals surface area contributed by atoms with E-state index < -0.39 is 0 Å². The highest BCUT2D eigenvalue weighted by molar-refractivity contribution is 9.10. The van der Waals surface area contributed by atoms with Gasteiger partial charge in [0.25, 0.3) is 0 Å². The van der Waals surface area contributed by atoms with Crippen LogP contribution >= 0.6 is 15.9 Å². The molecule has 1 heterocycles. The van der Waals surface area contributed by atoms with Crippen molar-refractivity contribution < 1.29 is 14.3 Å². The van der Waals surface area contributed by atoms with E-state index in [1.54, 1.807) is 0 Å². The first-order valence-corrected chi connectivity index (χ1v) is 8.87. The number of carbonyl (C=O) groups excluding carboxylic acids is 1. The predicted molar refractivity (Wildman–Crippen MR) is 84.5 cm³/mol. The van der Waals surface area contributed by atoms with E-state index in [1.807, 2.05) is 24.3 Å². The van der Waals surface area contributed by atoms with Gasteiger partial charge in [-0.3, -0.25) is 5.32 Å².